The minimum absolute atomic E-state index is 0.536. The monoisotopic (exact) mass is 766 g/mol. The zero-order valence-electron chi connectivity index (χ0n) is 33.3. The Morgan fingerprint density at radius 2 is 1.25 bits per heavy atom. The van der Waals surface area contributed by atoms with E-state index in [1.54, 1.807) is 27.4 Å². The van der Waals surface area contributed by atoms with Crippen molar-refractivity contribution in [3.63, 3.8) is 0 Å². The van der Waals surface area contributed by atoms with E-state index in [1.807, 2.05) is 12.2 Å². The first kappa shape index (κ1) is 41.9. The molecule has 1 heteroatoms. The second-order valence-corrected chi connectivity index (χ2v) is 16.7. The Bertz CT molecular complexity index is 1580. The van der Waals surface area contributed by atoms with E-state index in [0.29, 0.717) is 11.8 Å². The predicted molar refractivity (Wildman–Crippen MR) is 224 cm³/mol. The molecule has 0 saturated carbocycles. The number of aryl methyl sites for hydroxylation is 2. The number of rotatable bonds is 16. The Balaban J connectivity index is 0.000000336. The molecule has 0 N–H and O–H groups in total. The summed E-state index contributed by atoms with van der Waals surface area (Å²) in [6.07, 6.45) is 26.4. The van der Waals surface area contributed by atoms with Crippen molar-refractivity contribution in [2.24, 2.45) is 0 Å². The Kier molecular flexibility index (Phi) is 18.5. The number of allylic oxidation sites excluding steroid dienone is 4. The zero-order valence-corrected chi connectivity index (χ0v) is 35.7. The van der Waals surface area contributed by atoms with Gasteiger partial charge in [0.1, 0.15) is 0 Å². The standard InChI is InChI=1S/C37H41.C9H18.C5H5.Zr/c1-5-13-30(21-28-15-9-7-10-16-28)34-24-36-32(19-26(34)3)23-33-20-27(4)35(25-37(33)36)31(14-6-2)22-29-17-11-8-12-18-29;1-3-5-7-9-8-6-4-2;1-2-4-5-3-1;/h7-12,15-19,24-25,30-31H,5-6,13-14,21-23H2,1-4H3;3-8H2,1-2H3;1-3H,4H2;/q-1;;-1;+2. The van der Waals surface area contributed by atoms with Crippen LogP contribution in [0.1, 0.15) is 155 Å². The molecule has 0 saturated heterocycles. The Morgan fingerprint density at radius 1 is 0.692 bits per heavy atom. The van der Waals surface area contributed by atoms with E-state index < -0.39 is 0 Å². The van der Waals surface area contributed by atoms with Crippen molar-refractivity contribution in [2.45, 2.75) is 143 Å². The maximum absolute atomic E-state index is 3.86. The third-order valence-electron chi connectivity index (χ3n) is 10.6. The van der Waals surface area contributed by atoms with Crippen LogP contribution in [-0.2, 0) is 43.5 Å². The van der Waals surface area contributed by atoms with Gasteiger partial charge >= 0.3 is 79.8 Å². The molecule has 6 rings (SSSR count). The van der Waals surface area contributed by atoms with Gasteiger partial charge in [0, 0.05) is 0 Å². The molecule has 0 heterocycles. The van der Waals surface area contributed by atoms with Crippen LogP contribution in [0.4, 0.5) is 0 Å². The van der Waals surface area contributed by atoms with Gasteiger partial charge in [-0.1, -0.05) is 124 Å². The molecule has 52 heavy (non-hydrogen) atoms. The van der Waals surface area contributed by atoms with E-state index >= 15 is 0 Å². The van der Waals surface area contributed by atoms with Gasteiger partial charge in [0.2, 0.25) is 0 Å². The van der Waals surface area contributed by atoms with Crippen LogP contribution in [-0.4, -0.2) is 3.21 Å². The normalized spacial score (nSPS) is 13.4. The molecular weight excluding hydrogens is 704 g/mol. The molecular formula is C51H64Zr. The third-order valence-corrected chi connectivity index (χ3v) is 11.8. The molecule has 0 radical (unpaired) electrons. The van der Waals surface area contributed by atoms with Crippen LogP contribution in [0.5, 0.6) is 0 Å². The molecule has 2 aliphatic carbocycles. The average molecular weight is 768 g/mol. The number of benzene rings is 4. The van der Waals surface area contributed by atoms with Gasteiger partial charge in [0.05, 0.1) is 0 Å². The summed E-state index contributed by atoms with van der Waals surface area (Å²) < 4.78 is 1.79. The molecule has 4 aromatic rings. The number of fused-ring (bicyclic) bond motifs is 3. The van der Waals surface area contributed by atoms with E-state index in [1.165, 1.54) is 120 Å². The van der Waals surface area contributed by atoms with Crippen molar-refractivity contribution in [2.75, 3.05) is 0 Å². The summed E-state index contributed by atoms with van der Waals surface area (Å²) in [6.45, 7) is 13.8. The van der Waals surface area contributed by atoms with Crippen LogP contribution >= 0.6 is 0 Å². The van der Waals surface area contributed by atoms with Crippen LogP contribution in [0.15, 0.2) is 97.1 Å². The number of hydrogen-bond acceptors (Lipinski definition) is 0. The second-order valence-electron chi connectivity index (χ2n) is 14.9. The maximum Gasteiger partial charge on any atom is -0.109 e. The average Bonchev–Trinajstić information content (AvgIpc) is 3.85. The molecule has 2 atom stereocenters. The second kappa shape index (κ2) is 23.0. The molecule has 0 amide bonds. The number of hydrogen-bond donors (Lipinski definition) is 0. The molecule has 4 aromatic carbocycles. The minimum Gasteiger partial charge on any atom is -0.273 e. The van der Waals surface area contributed by atoms with Crippen molar-refractivity contribution >= 4 is 3.21 Å². The van der Waals surface area contributed by atoms with Gasteiger partial charge in [-0.05, 0) is 66.3 Å². The quantitative estimate of drug-likeness (QED) is 0.0877. The number of unbranched alkanes of at least 4 members (excludes halogenated alkanes) is 2. The minimum atomic E-state index is 0.536. The molecule has 2 aliphatic rings. The first-order chi connectivity index (χ1) is 25.4. The van der Waals surface area contributed by atoms with Gasteiger partial charge in [0.15, 0.2) is 0 Å². The molecule has 0 aromatic heterocycles. The SMILES string of the molecule is CCCC(Cc1ccccc1)c1cc2c([c-]c1C)Cc1cc(C)c(C(CCC)Cc3ccccc3)cc1-2.CCCC[C](=[Zr+2])CCCC.[C-]1=CC=CC1. The summed E-state index contributed by atoms with van der Waals surface area (Å²) in [7, 11) is 0. The molecule has 0 nitrogen and oxygen atoms in total. The van der Waals surface area contributed by atoms with Gasteiger partial charge in [-0.25, -0.2) is 12.2 Å². The summed E-state index contributed by atoms with van der Waals surface area (Å²) >= 11 is 1.67. The van der Waals surface area contributed by atoms with E-state index in [9.17, 15) is 0 Å². The van der Waals surface area contributed by atoms with Crippen LogP contribution in [0, 0.1) is 26.0 Å². The maximum atomic E-state index is 3.86. The van der Waals surface area contributed by atoms with Crippen LogP contribution < -0.4 is 0 Å². The van der Waals surface area contributed by atoms with E-state index in [-0.39, 0.29) is 0 Å². The summed E-state index contributed by atoms with van der Waals surface area (Å²) in [5.41, 5.74) is 14.4. The Hall–Kier alpha value is -2.89. The molecule has 0 bridgehead atoms. The molecule has 2 unspecified atom stereocenters. The fraction of sp³-hybridized carbons (Fsp3) is 0.431. The van der Waals surface area contributed by atoms with Crippen molar-refractivity contribution in [3.8, 4) is 11.1 Å². The summed E-state index contributed by atoms with van der Waals surface area (Å²) in [5, 5.41) is 0. The van der Waals surface area contributed by atoms with Crippen molar-refractivity contribution in [3.05, 3.63) is 154 Å². The predicted octanol–water partition coefficient (Wildman–Crippen LogP) is 14.3. The van der Waals surface area contributed by atoms with Gasteiger partial charge in [0.25, 0.3) is 0 Å². The molecule has 0 fully saturated rings. The first-order valence-electron chi connectivity index (χ1n) is 20.4. The fourth-order valence-electron chi connectivity index (χ4n) is 7.81. The first-order valence-corrected chi connectivity index (χ1v) is 21.7. The zero-order chi connectivity index (χ0) is 37.1. The topological polar surface area (TPSA) is 0 Å². The van der Waals surface area contributed by atoms with E-state index in [4.69, 9.17) is 0 Å². The van der Waals surface area contributed by atoms with Gasteiger partial charge < -0.3 is 0 Å². The van der Waals surface area contributed by atoms with Crippen LogP contribution in [0.2, 0.25) is 0 Å². The molecule has 0 aliphatic heterocycles. The van der Waals surface area contributed by atoms with Crippen molar-refractivity contribution < 1.29 is 24.2 Å². The fourth-order valence-corrected chi connectivity index (χ4v) is 8.68. The van der Waals surface area contributed by atoms with Crippen molar-refractivity contribution in [1.29, 1.82) is 0 Å². The summed E-state index contributed by atoms with van der Waals surface area (Å²) in [6, 6.07) is 33.5. The smallest absolute Gasteiger partial charge is 0.109 e. The largest absolute Gasteiger partial charge is 0.273 e. The van der Waals surface area contributed by atoms with Gasteiger partial charge in [-0.3, -0.25) is 6.08 Å². The summed E-state index contributed by atoms with van der Waals surface area (Å²) in [4.78, 5) is 0. The van der Waals surface area contributed by atoms with Crippen molar-refractivity contribution in [1.82, 2.24) is 0 Å². The third kappa shape index (κ3) is 12.9. The van der Waals surface area contributed by atoms with E-state index in [2.05, 4.69) is 139 Å². The molecule has 272 valence electrons. The van der Waals surface area contributed by atoms with E-state index in [0.717, 1.165) is 25.7 Å². The van der Waals surface area contributed by atoms with Gasteiger partial charge in [-0.2, -0.15) is 23.8 Å². The Labute approximate surface area is 333 Å². The molecule has 0 spiro atoms. The Morgan fingerprint density at radius 3 is 1.73 bits per heavy atom. The van der Waals surface area contributed by atoms with Crippen LogP contribution in [0.25, 0.3) is 11.1 Å². The van der Waals surface area contributed by atoms with Crippen LogP contribution in [0.3, 0.4) is 0 Å². The van der Waals surface area contributed by atoms with Gasteiger partial charge in [-0.15, -0.1) is 23.1 Å². The summed E-state index contributed by atoms with van der Waals surface area (Å²) in [5.74, 6) is 1.09.